The van der Waals surface area contributed by atoms with Gasteiger partial charge in [0.1, 0.15) is 11.7 Å². The van der Waals surface area contributed by atoms with Crippen LogP contribution in [0, 0.1) is 0 Å². The number of rotatable bonds is 1. The number of fused-ring (bicyclic) bond motifs is 1. The van der Waals surface area contributed by atoms with E-state index < -0.39 is 30.5 Å². The molecule has 120 valence electrons. The van der Waals surface area contributed by atoms with Crippen LogP contribution in [0.15, 0.2) is 62.9 Å². The molecule has 0 aliphatic carbocycles. The van der Waals surface area contributed by atoms with E-state index in [1.54, 1.807) is 4.90 Å². The second kappa shape index (κ2) is 6.12. The molecule has 24 heavy (non-hydrogen) atoms. The lowest BCUT2D eigenvalue weighted by Crippen LogP contribution is -2.19. The molecule has 6 heteroatoms. The Bertz CT molecular complexity index is 1030. The van der Waals surface area contributed by atoms with Gasteiger partial charge in [-0.1, -0.05) is 40.7 Å². The molecule has 0 radical (unpaired) electrons. The Morgan fingerprint density at radius 3 is 2.71 bits per heavy atom. The minimum Gasteiger partial charge on any atom is -0.275 e. The van der Waals surface area contributed by atoms with Crippen LogP contribution < -0.4 is 4.90 Å². The Morgan fingerprint density at radius 2 is 1.96 bits per heavy atom. The highest BCUT2D eigenvalue weighted by atomic mass is 127. The second-order valence-electron chi connectivity index (χ2n) is 5.09. The summed E-state index contributed by atoms with van der Waals surface area (Å²) in [5.74, 6) is -1.40. The molecule has 2 aliphatic heterocycles. The predicted octanol–water partition coefficient (Wildman–Crippen LogP) is 5.20. The topological polar surface area (TPSA) is 20.3 Å². The van der Waals surface area contributed by atoms with Gasteiger partial charge in [0.15, 0.2) is 0 Å². The SMILES string of the molecule is O=C1C(=C=I2=CC(F)=CC(F)=C2)c2ccccc2N1c1ccsc1. The summed E-state index contributed by atoms with van der Waals surface area (Å²) in [5.41, 5.74) is 2.72. The molecule has 1 amide bonds. The van der Waals surface area contributed by atoms with Gasteiger partial charge in [0.25, 0.3) is 5.91 Å². The van der Waals surface area contributed by atoms with Crippen molar-refractivity contribution in [1.82, 2.24) is 0 Å². The van der Waals surface area contributed by atoms with Crippen LogP contribution in [0.25, 0.3) is 5.57 Å². The van der Waals surface area contributed by atoms with Crippen LogP contribution >= 0.6 is 30.2 Å². The fourth-order valence-electron chi connectivity index (χ4n) is 2.56. The van der Waals surface area contributed by atoms with Crippen molar-refractivity contribution in [3.05, 3.63) is 68.5 Å². The van der Waals surface area contributed by atoms with Gasteiger partial charge in [-0.2, -0.15) is 11.3 Å². The zero-order chi connectivity index (χ0) is 16.7. The first-order valence-electron chi connectivity index (χ1n) is 6.99. The van der Waals surface area contributed by atoms with Gasteiger partial charge >= 0.3 is 0 Å². The molecule has 4 rings (SSSR count). The van der Waals surface area contributed by atoms with Crippen LogP contribution in [0.1, 0.15) is 5.56 Å². The number of allylic oxidation sites excluding steroid dienone is 3. The number of hydrogen-bond donors (Lipinski definition) is 0. The first-order valence-corrected chi connectivity index (χ1v) is 11.5. The van der Waals surface area contributed by atoms with Crippen LogP contribution in [-0.2, 0) is 4.79 Å². The molecule has 1 aromatic carbocycles. The number of nitrogens with zero attached hydrogens (tertiary/aromatic N) is 1. The Morgan fingerprint density at radius 1 is 1.12 bits per heavy atom. The highest BCUT2D eigenvalue weighted by molar-refractivity contribution is 14.2. The smallest absolute Gasteiger partial charge is 0.271 e. The Labute approximate surface area is 147 Å². The fraction of sp³-hybridized carbons (Fsp3) is 0. The van der Waals surface area contributed by atoms with Crippen LogP contribution in [0.3, 0.4) is 0 Å². The lowest BCUT2D eigenvalue weighted by Gasteiger charge is -2.14. The van der Waals surface area contributed by atoms with E-state index in [0.717, 1.165) is 23.0 Å². The molecule has 3 heterocycles. The highest BCUT2D eigenvalue weighted by Gasteiger charge is 2.33. The summed E-state index contributed by atoms with van der Waals surface area (Å²) in [4.78, 5) is 14.5. The second-order valence-corrected chi connectivity index (χ2v) is 9.62. The molecule has 2 aliphatic rings. The molecule has 0 bridgehead atoms. The summed E-state index contributed by atoms with van der Waals surface area (Å²) in [6.45, 7) is 0. The van der Waals surface area contributed by atoms with Gasteiger partial charge in [-0.15, -0.1) is 0 Å². The number of amides is 1. The molecule has 0 atom stereocenters. The molecule has 1 aromatic heterocycles. The van der Waals surface area contributed by atoms with Crippen molar-refractivity contribution in [2.45, 2.75) is 0 Å². The fourth-order valence-corrected chi connectivity index (χ4v) is 6.46. The number of para-hydroxylation sites is 1. The van der Waals surface area contributed by atoms with Crippen LogP contribution in [-0.4, -0.2) is 13.6 Å². The molecule has 0 saturated carbocycles. The van der Waals surface area contributed by atoms with Gasteiger partial charge in [0, 0.05) is 25.1 Å². The van der Waals surface area contributed by atoms with Crippen molar-refractivity contribution in [1.29, 1.82) is 0 Å². The third kappa shape index (κ3) is 2.66. The standard InChI is InChI=1S/C18H10F2INOS/c19-12-7-13(20)9-21(8-12)10-16-15-3-1-2-4-17(15)22(18(16)23)14-5-6-24-11-14/h1-9,11H. The third-order valence-electron chi connectivity index (χ3n) is 3.52. The largest absolute Gasteiger partial charge is 0.275 e. The van der Waals surface area contributed by atoms with Gasteiger partial charge < -0.3 is 0 Å². The highest BCUT2D eigenvalue weighted by Crippen LogP contribution is 2.41. The third-order valence-corrected chi connectivity index (χ3v) is 7.88. The summed E-state index contributed by atoms with van der Waals surface area (Å²) in [6, 6.07) is 9.28. The van der Waals surface area contributed by atoms with Gasteiger partial charge in [0.05, 0.1) is 16.9 Å². The molecule has 0 unspecified atom stereocenters. The van der Waals surface area contributed by atoms with E-state index in [1.165, 1.54) is 19.4 Å². The monoisotopic (exact) mass is 453 g/mol. The van der Waals surface area contributed by atoms with Gasteiger partial charge in [-0.25, -0.2) is 8.78 Å². The van der Waals surface area contributed by atoms with Crippen LogP contribution in [0.4, 0.5) is 20.2 Å². The molecule has 0 N–H and O–H groups in total. The average Bonchev–Trinajstić information content (AvgIpc) is 3.14. The van der Waals surface area contributed by atoms with Crippen molar-refractivity contribution >= 4 is 60.7 Å². The van der Waals surface area contributed by atoms with E-state index in [-0.39, 0.29) is 5.91 Å². The van der Waals surface area contributed by atoms with Crippen molar-refractivity contribution in [3.63, 3.8) is 0 Å². The lowest BCUT2D eigenvalue weighted by atomic mass is 10.1. The Kier molecular flexibility index (Phi) is 3.96. The van der Waals surface area contributed by atoms with Gasteiger partial charge in [-0.05, 0) is 17.5 Å². The van der Waals surface area contributed by atoms with Crippen molar-refractivity contribution in [3.8, 4) is 0 Å². The molecular weight excluding hydrogens is 443 g/mol. The van der Waals surface area contributed by atoms with E-state index >= 15 is 0 Å². The van der Waals surface area contributed by atoms with Crippen molar-refractivity contribution in [2.75, 3.05) is 4.90 Å². The van der Waals surface area contributed by atoms with Gasteiger partial charge in [-0.3, -0.25) is 9.69 Å². The van der Waals surface area contributed by atoms with Crippen molar-refractivity contribution in [2.24, 2.45) is 0 Å². The lowest BCUT2D eigenvalue weighted by molar-refractivity contribution is -0.112. The van der Waals surface area contributed by atoms with E-state index in [4.69, 9.17) is 0 Å². The van der Waals surface area contributed by atoms with Gasteiger partial charge in [0.2, 0.25) is 0 Å². The molecule has 2 nitrogen and oxygen atoms in total. The quantitative estimate of drug-likeness (QED) is 0.430. The predicted molar refractivity (Wildman–Crippen MR) is 105 cm³/mol. The Hall–Kier alpha value is -2.02. The maximum Gasteiger partial charge on any atom is 0.271 e. The normalized spacial score (nSPS) is 17.2. The summed E-state index contributed by atoms with van der Waals surface area (Å²) in [7, 11) is 0. The zero-order valence-corrected chi connectivity index (χ0v) is 15.1. The number of carbonyl (C=O) groups is 1. The molecule has 0 saturated heterocycles. The van der Waals surface area contributed by atoms with Crippen LogP contribution in [0.5, 0.6) is 0 Å². The summed E-state index contributed by atoms with van der Waals surface area (Å²) < 4.78 is 32.8. The number of halogens is 3. The number of hydrogen-bond acceptors (Lipinski definition) is 2. The zero-order valence-electron chi connectivity index (χ0n) is 12.2. The first-order chi connectivity index (χ1) is 11.6. The maximum atomic E-state index is 13.5. The van der Waals surface area contributed by atoms with Crippen molar-refractivity contribution < 1.29 is 13.6 Å². The summed E-state index contributed by atoms with van der Waals surface area (Å²) in [5, 5.41) is 3.80. The van der Waals surface area contributed by atoms with E-state index in [0.29, 0.717) is 5.57 Å². The van der Waals surface area contributed by atoms with Crippen LogP contribution in [0.2, 0.25) is 0 Å². The maximum absolute atomic E-state index is 13.5. The molecular formula is C18H10F2INOS. The first kappa shape index (κ1) is 15.5. The number of thiophene rings is 1. The molecule has 0 spiro atoms. The summed E-state index contributed by atoms with van der Waals surface area (Å²) >= 11 is -0.925. The Balaban J connectivity index is 1.98. The number of anilines is 2. The minimum atomic E-state index is -2.43. The number of carbonyl (C=O) groups excluding carboxylic acids is 1. The molecule has 0 fully saturated rings. The van der Waals surface area contributed by atoms with E-state index in [2.05, 4.69) is 3.67 Å². The minimum absolute atomic E-state index is 0.205. The summed E-state index contributed by atoms with van der Waals surface area (Å²) in [6.07, 6.45) is 0.850. The average molecular weight is 453 g/mol. The number of benzene rings is 1. The molecule has 2 aromatic rings. The van der Waals surface area contributed by atoms with E-state index in [1.807, 2.05) is 41.1 Å². The van der Waals surface area contributed by atoms with E-state index in [9.17, 15) is 13.6 Å².